The number of hydrogen-bond acceptors (Lipinski definition) is 5. The smallest absolute Gasteiger partial charge is 0.277 e. The minimum atomic E-state index is -0.115. The van der Waals surface area contributed by atoms with Gasteiger partial charge in [0.2, 0.25) is 11.8 Å². The lowest BCUT2D eigenvalue weighted by atomic mass is 10.1. The molecule has 1 amide bonds. The lowest BCUT2D eigenvalue weighted by Gasteiger charge is -2.12. The summed E-state index contributed by atoms with van der Waals surface area (Å²) in [6.07, 6.45) is 0. The maximum atomic E-state index is 12.3. The molecule has 2 aromatic carbocycles. The maximum Gasteiger partial charge on any atom is 0.277 e. The quantitative estimate of drug-likeness (QED) is 0.620. The first kappa shape index (κ1) is 18.5. The molecule has 0 spiro atoms. The van der Waals surface area contributed by atoms with Gasteiger partial charge in [-0.2, -0.15) is 0 Å². The fourth-order valence-corrected chi connectivity index (χ4v) is 3.35. The number of hydrogen-bond donors (Lipinski definition) is 1. The van der Waals surface area contributed by atoms with E-state index in [1.807, 2.05) is 32.9 Å². The number of aryl methyl sites for hydroxylation is 3. The Hall–Kier alpha value is -2.31. The van der Waals surface area contributed by atoms with E-state index in [2.05, 4.69) is 15.5 Å². The summed E-state index contributed by atoms with van der Waals surface area (Å²) < 4.78 is 5.59. The SMILES string of the molecule is Cc1cc(C)c(NC(=O)CSc2nnc(-c3ccc(Cl)cc3)o2)c(C)c1. The Bertz CT molecular complexity index is 915. The van der Waals surface area contributed by atoms with Gasteiger partial charge in [-0.3, -0.25) is 4.79 Å². The van der Waals surface area contributed by atoms with Crippen molar-refractivity contribution in [3.63, 3.8) is 0 Å². The highest BCUT2D eigenvalue weighted by Crippen LogP contribution is 2.25. The van der Waals surface area contributed by atoms with Crippen LogP contribution in [0.3, 0.4) is 0 Å². The van der Waals surface area contributed by atoms with E-state index in [-0.39, 0.29) is 11.7 Å². The van der Waals surface area contributed by atoms with Crippen LogP contribution in [-0.4, -0.2) is 21.9 Å². The van der Waals surface area contributed by atoms with Gasteiger partial charge in [-0.05, 0) is 56.2 Å². The molecule has 0 aliphatic rings. The molecular formula is C19H18ClN3O2S. The van der Waals surface area contributed by atoms with E-state index in [0.717, 1.165) is 22.4 Å². The molecule has 3 rings (SSSR count). The molecular weight excluding hydrogens is 370 g/mol. The van der Waals surface area contributed by atoms with Crippen molar-refractivity contribution in [1.29, 1.82) is 0 Å². The van der Waals surface area contributed by atoms with Gasteiger partial charge < -0.3 is 9.73 Å². The second-order valence-corrected chi connectivity index (χ2v) is 7.35. The molecule has 0 aliphatic heterocycles. The number of anilines is 1. The van der Waals surface area contributed by atoms with Gasteiger partial charge in [-0.1, -0.05) is 41.1 Å². The highest BCUT2D eigenvalue weighted by atomic mass is 35.5. The largest absolute Gasteiger partial charge is 0.411 e. The van der Waals surface area contributed by atoms with E-state index in [0.29, 0.717) is 16.1 Å². The molecule has 1 aromatic heterocycles. The molecule has 7 heteroatoms. The fraction of sp³-hybridized carbons (Fsp3) is 0.211. The first-order valence-corrected chi connectivity index (χ1v) is 9.38. The number of amides is 1. The van der Waals surface area contributed by atoms with Crippen molar-refractivity contribution in [3.8, 4) is 11.5 Å². The summed E-state index contributed by atoms with van der Waals surface area (Å²) in [7, 11) is 0. The van der Waals surface area contributed by atoms with E-state index >= 15 is 0 Å². The van der Waals surface area contributed by atoms with Gasteiger partial charge in [-0.15, -0.1) is 10.2 Å². The van der Waals surface area contributed by atoms with Crippen molar-refractivity contribution in [1.82, 2.24) is 10.2 Å². The molecule has 0 radical (unpaired) electrons. The second-order valence-electron chi connectivity index (χ2n) is 5.99. The lowest BCUT2D eigenvalue weighted by Crippen LogP contribution is -2.15. The van der Waals surface area contributed by atoms with Gasteiger partial charge in [0.1, 0.15) is 0 Å². The van der Waals surface area contributed by atoms with Crippen molar-refractivity contribution in [2.24, 2.45) is 0 Å². The third kappa shape index (κ3) is 4.45. The van der Waals surface area contributed by atoms with Gasteiger partial charge in [0.25, 0.3) is 5.22 Å². The zero-order valence-corrected chi connectivity index (χ0v) is 16.2. The van der Waals surface area contributed by atoms with Crippen LogP contribution in [0.1, 0.15) is 16.7 Å². The van der Waals surface area contributed by atoms with E-state index in [4.69, 9.17) is 16.0 Å². The average molecular weight is 388 g/mol. The zero-order chi connectivity index (χ0) is 18.7. The van der Waals surface area contributed by atoms with Crippen LogP contribution in [0.4, 0.5) is 5.69 Å². The summed E-state index contributed by atoms with van der Waals surface area (Å²) in [5.41, 5.74) is 4.90. The Balaban J connectivity index is 1.61. The van der Waals surface area contributed by atoms with E-state index < -0.39 is 0 Å². The summed E-state index contributed by atoms with van der Waals surface area (Å²) >= 11 is 7.07. The third-order valence-electron chi connectivity index (χ3n) is 3.77. The first-order chi connectivity index (χ1) is 12.4. The molecule has 0 saturated carbocycles. The molecule has 0 aliphatic carbocycles. The molecule has 26 heavy (non-hydrogen) atoms. The molecule has 0 fully saturated rings. The molecule has 5 nitrogen and oxygen atoms in total. The summed E-state index contributed by atoms with van der Waals surface area (Å²) in [5.74, 6) is 0.473. The molecule has 0 unspecified atom stereocenters. The number of nitrogens with one attached hydrogen (secondary N) is 1. The minimum absolute atomic E-state index is 0.115. The van der Waals surface area contributed by atoms with Crippen molar-refractivity contribution in [2.75, 3.05) is 11.1 Å². The van der Waals surface area contributed by atoms with E-state index in [9.17, 15) is 4.79 Å². The number of carbonyl (C=O) groups is 1. The van der Waals surface area contributed by atoms with Crippen molar-refractivity contribution < 1.29 is 9.21 Å². The van der Waals surface area contributed by atoms with Crippen LogP contribution in [0.5, 0.6) is 0 Å². The summed E-state index contributed by atoms with van der Waals surface area (Å²) in [6.45, 7) is 6.01. The third-order valence-corrected chi connectivity index (χ3v) is 4.84. The highest BCUT2D eigenvalue weighted by Gasteiger charge is 2.13. The van der Waals surface area contributed by atoms with Crippen molar-refractivity contribution >= 4 is 35.0 Å². The number of halogens is 1. The molecule has 0 bridgehead atoms. The Morgan fingerprint density at radius 3 is 2.42 bits per heavy atom. The van der Waals surface area contributed by atoms with Crippen LogP contribution < -0.4 is 5.32 Å². The Kier molecular flexibility index (Phi) is 5.64. The van der Waals surface area contributed by atoms with E-state index in [1.54, 1.807) is 24.3 Å². The number of aromatic nitrogens is 2. The topological polar surface area (TPSA) is 68.0 Å². The van der Waals surface area contributed by atoms with Crippen LogP contribution in [0.15, 0.2) is 46.0 Å². The molecule has 3 aromatic rings. The van der Waals surface area contributed by atoms with Crippen LogP contribution in [0.25, 0.3) is 11.5 Å². The predicted molar refractivity (Wildman–Crippen MR) is 105 cm³/mol. The Morgan fingerprint density at radius 1 is 1.12 bits per heavy atom. The minimum Gasteiger partial charge on any atom is -0.411 e. The number of benzene rings is 2. The van der Waals surface area contributed by atoms with Crippen LogP contribution in [-0.2, 0) is 4.79 Å². The lowest BCUT2D eigenvalue weighted by molar-refractivity contribution is -0.113. The number of carbonyl (C=O) groups excluding carboxylic acids is 1. The maximum absolute atomic E-state index is 12.3. The number of nitrogens with zero attached hydrogens (tertiary/aromatic N) is 2. The predicted octanol–water partition coefficient (Wildman–Crippen LogP) is 5.05. The van der Waals surface area contributed by atoms with E-state index in [1.165, 1.54) is 17.3 Å². The Morgan fingerprint density at radius 2 is 1.77 bits per heavy atom. The number of thioether (sulfide) groups is 1. The molecule has 1 N–H and O–H groups in total. The zero-order valence-electron chi connectivity index (χ0n) is 14.7. The van der Waals surface area contributed by atoms with Gasteiger partial charge in [0, 0.05) is 16.3 Å². The first-order valence-electron chi connectivity index (χ1n) is 8.02. The van der Waals surface area contributed by atoms with Gasteiger partial charge in [0.05, 0.1) is 5.75 Å². The molecule has 1 heterocycles. The normalized spacial score (nSPS) is 10.8. The van der Waals surface area contributed by atoms with Crippen LogP contribution in [0.2, 0.25) is 5.02 Å². The molecule has 134 valence electrons. The average Bonchev–Trinajstić information content (AvgIpc) is 3.06. The van der Waals surface area contributed by atoms with Crippen molar-refractivity contribution in [2.45, 2.75) is 26.0 Å². The summed E-state index contributed by atoms with van der Waals surface area (Å²) in [4.78, 5) is 12.3. The monoisotopic (exact) mass is 387 g/mol. The van der Waals surface area contributed by atoms with Gasteiger partial charge in [-0.25, -0.2) is 0 Å². The molecule has 0 atom stereocenters. The van der Waals surface area contributed by atoms with Gasteiger partial charge >= 0.3 is 0 Å². The van der Waals surface area contributed by atoms with Crippen molar-refractivity contribution in [3.05, 3.63) is 58.1 Å². The summed E-state index contributed by atoms with van der Waals surface area (Å²) in [5, 5.41) is 11.9. The molecule has 0 saturated heterocycles. The Labute approximate surface area is 161 Å². The van der Waals surface area contributed by atoms with Crippen LogP contribution >= 0.6 is 23.4 Å². The second kappa shape index (κ2) is 7.93. The van der Waals surface area contributed by atoms with Crippen LogP contribution in [0, 0.1) is 20.8 Å². The standard InChI is InChI=1S/C19H18ClN3O2S/c1-11-8-12(2)17(13(3)9-11)21-16(24)10-26-19-23-22-18(25-19)14-4-6-15(20)7-5-14/h4-9H,10H2,1-3H3,(H,21,24). The highest BCUT2D eigenvalue weighted by molar-refractivity contribution is 7.99. The summed E-state index contributed by atoms with van der Waals surface area (Å²) in [6, 6.07) is 11.2. The fourth-order valence-electron chi connectivity index (χ4n) is 2.66. The van der Waals surface area contributed by atoms with Gasteiger partial charge in [0.15, 0.2) is 0 Å². The number of rotatable bonds is 5.